The number of halogens is 1. The first kappa shape index (κ1) is 14.6. The molecule has 0 heterocycles. The zero-order chi connectivity index (χ0) is 13.6. The number of carbonyl (C=O) groups is 1. The van der Waals surface area contributed by atoms with Crippen LogP contribution in [0.25, 0.3) is 0 Å². The van der Waals surface area contributed by atoms with Gasteiger partial charge in [0.2, 0.25) is 0 Å². The van der Waals surface area contributed by atoms with Gasteiger partial charge in [0, 0.05) is 5.88 Å². The van der Waals surface area contributed by atoms with E-state index >= 15 is 0 Å². The van der Waals surface area contributed by atoms with E-state index in [0.29, 0.717) is 24.7 Å². The first-order valence-corrected chi connectivity index (χ1v) is 7.02. The fourth-order valence-corrected chi connectivity index (χ4v) is 2.08. The minimum Gasteiger partial charge on any atom is -0.494 e. The van der Waals surface area contributed by atoms with Crippen molar-refractivity contribution in [3.63, 3.8) is 0 Å². The Hall–Kier alpha value is -1.47. The molecular formula is C10H12ClNO5S. The summed E-state index contributed by atoms with van der Waals surface area (Å²) in [5.74, 6) is 0.976. The lowest BCUT2D eigenvalue weighted by Gasteiger charge is -2.06. The Bertz CT molecular complexity index is 500. The van der Waals surface area contributed by atoms with Gasteiger partial charge in [-0.15, -0.1) is 11.6 Å². The highest BCUT2D eigenvalue weighted by molar-refractivity contribution is 7.90. The van der Waals surface area contributed by atoms with Crippen LogP contribution in [0.3, 0.4) is 0 Å². The highest BCUT2D eigenvalue weighted by Crippen LogP contribution is 2.16. The predicted molar refractivity (Wildman–Crippen MR) is 65.6 cm³/mol. The zero-order valence-electron chi connectivity index (χ0n) is 9.30. The largest absolute Gasteiger partial charge is 0.494 e. The zero-order valence-corrected chi connectivity index (χ0v) is 10.9. The summed E-state index contributed by atoms with van der Waals surface area (Å²) in [7, 11) is -4.03. The van der Waals surface area contributed by atoms with Crippen LogP contribution in [0.4, 0.5) is 4.79 Å². The van der Waals surface area contributed by atoms with Gasteiger partial charge < -0.3 is 9.84 Å². The van der Waals surface area contributed by atoms with E-state index in [1.165, 1.54) is 29.0 Å². The third kappa shape index (κ3) is 4.42. The Labute approximate surface area is 110 Å². The molecule has 0 aliphatic heterocycles. The van der Waals surface area contributed by atoms with Gasteiger partial charge in [-0.05, 0) is 30.7 Å². The van der Waals surface area contributed by atoms with E-state index in [1.54, 1.807) is 0 Å². The minimum atomic E-state index is -4.03. The molecule has 0 bridgehead atoms. The molecule has 1 aromatic rings. The number of nitrogens with one attached hydrogen (secondary N) is 1. The number of hydrogen-bond acceptors (Lipinski definition) is 4. The van der Waals surface area contributed by atoms with E-state index in [0.717, 1.165) is 0 Å². The number of benzene rings is 1. The second-order valence-corrected chi connectivity index (χ2v) is 5.33. The molecule has 1 amide bonds. The summed E-state index contributed by atoms with van der Waals surface area (Å²) in [4.78, 5) is 10.2. The lowest BCUT2D eigenvalue weighted by atomic mass is 10.3. The van der Waals surface area contributed by atoms with E-state index in [4.69, 9.17) is 21.4 Å². The molecule has 0 fully saturated rings. The summed E-state index contributed by atoms with van der Waals surface area (Å²) in [5.41, 5.74) is 0. The number of carboxylic acid groups (broad SMARTS) is 1. The summed E-state index contributed by atoms with van der Waals surface area (Å²) in [5, 5.41) is 8.38. The van der Waals surface area contributed by atoms with Gasteiger partial charge in [-0.1, -0.05) is 0 Å². The summed E-state index contributed by atoms with van der Waals surface area (Å²) < 4.78 is 29.6. The second-order valence-electron chi connectivity index (χ2n) is 3.27. The molecule has 1 rings (SSSR count). The molecule has 0 saturated carbocycles. The Morgan fingerprint density at radius 2 is 1.94 bits per heavy atom. The Kier molecular flexibility index (Phi) is 5.24. The van der Waals surface area contributed by atoms with Crippen molar-refractivity contribution in [2.45, 2.75) is 11.3 Å². The average molecular weight is 294 g/mol. The quantitative estimate of drug-likeness (QED) is 0.614. The van der Waals surface area contributed by atoms with Crippen LogP contribution in [0.5, 0.6) is 5.75 Å². The molecule has 18 heavy (non-hydrogen) atoms. The number of amides is 1. The Balaban J connectivity index is 2.73. The minimum absolute atomic E-state index is 0.144. The molecular weight excluding hydrogens is 282 g/mol. The molecule has 8 heteroatoms. The smallest absolute Gasteiger partial charge is 0.418 e. The van der Waals surface area contributed by atoms with Crippen LogP contribution in [0.2, 0.25) is 0 Å². The van der Waals surface area contributed by atoms with Crippen molar-refractivity contribution >= 4 is 27.7 Å². The maximum absolute atomic E-state index is 11.5. The van der Waals surface area contributed by atoms with Gasteiger partial charge in [0.25, 0.3) is 10.0 Å². The van der Waals surface area contributed by atoms with Gasteiger partial charge in [0.15, 0.2) is 0 Å². The van der Waals surface area contributed by atoms with Gasteiger partial charge in [-0.2, -0.15) is 0 Å². The van der Waals surface area contributed by atoms with Crippen LogP contribution in [-0.2, 0) is 10.0 Å². The molecule has 0 atom stereocenters. The number of alkyl halides is 1. The van der Waals surface area contributed by atoms with Crippen LogP contribution in [0.1, 0.15) is 6.42 Å². The Morgan fingerprint density at radius 1 is 1.33 bits per heavy atom. The molecule has 0 saturated heterocycles. The van der Waals surface area contributed by atoms with E-state index < -0.39 is 16.1 Å². The van der Waals surface area contributed by atoms with Crippen molar-refractivity contribution in [1.29, 1.82) is 0 Å². The molecule has 0 spiro atoms. The molecule has 6 nitrogen and oxygen atoms in total. The standard InChI is InChI=1S/C10H12ClNO5S/c11-6-1-7-17-8-2-4-9(5-3-8)18(15,16)12-10(13)14/h2-5,12H,1,6-7H2,(H,13,14). The van der Waals surface area contributed by atoms with Crippen molar-refractivity contribution in [3.05, 3.63) is 24.3 Å². The monoisotopic (exact) mass is 293 g/mol. The van der Waals surface area contributed by atoms with Crippen LogP contribution >= 0.6 is 11.6 Å². The maximum Gasteiger partial charge on any atom is 0.418 e. The highest BCUT2D eigenvalue weighted by atomic mass is 35.5. The van der Waals surface area contributed by atoms with Gasteiger partial charge in [0.1, 0.15) is 5.75 Å². The lowest BCUT2D eigenvalue weighted by molar-refractivity contribution is 0.201. The molecule has 2 N–H and O–H groups in total. The van der Waals surface area contributed by atoms with Gasteiger partial charge in [-0.3, -0.25) is 0 Å². The maximum atomic E-state index is 11.5. The summed E-state index contributed by atoms with van der Waals surface area (Å²) in [6.07, 6.45) is -0.945. The summed E-state index contributed by atoms with van der Waals surface area (Å²) in [6.45, 7) is 0.434. The lowest BCUT2D eigenvalue weighted by Crippen LogP contribution is -2.28. The van der Waals surface area contributed by atoms with Crippen molar-refractivity contribution in [2.75, 3.05) is 12.5 Å². The first-order valence-electron chi connectivity index (χ1n) is 5.00. The number of sulfonamides is 1. The highest BCUT2D eigenvalue weighted by Gasteiger charge is 2.16. The molecule has 0 aromatic heterocycles. The van der Waals surface area contributed by atoms with Crippen molar-refractivity contribution < 1.29 is 23.1 Å². The van der Waals surface area contributed by atoms with E-state index in [2.05, 4.69) is 0 Å². The fourth-order valence-electron chi connectivity index (χ4n) is 1.13. The van der Waals surface area contributed by atoms with Gasteiger partial charge >= 0.3 is 6.09 Å². The number of hydrogen-bond donors (Lipinski definition) is 2. The van der Waals surface area contributed by atoms with Crippen LogP contribution < -0.4 is 9.46 Å². The third-order valence-electron chi connectivity index (χ3n) is 1.90. The topological polar surface area (TPSA) is 92.7 Å². The predicted octanol–water partition coefficient (Wildman–Crippen LogP) is 1.65. The van der Waals surface area contributed by atoms with Crippen LogP contribution in [0, 0.1) is 0 Å². The molecule has 100 valence electrons. The molecule has 0 aliphatic carbocycles. The van der Waals surface area contributed by atoms with Crippen molar-refractivity contribution in [2.24, 2.45) is 0 Å². The third-order valence-corrected chi connectivity index (χ3v) is 3.51. The normalized spacial score (nSPS) is 10.9. The van der Waals surface area contributed by atoms with Gasteiger partial charge in [-0.25, -0.2) is 17.9 Å². The van der Waals surface area contributed by atoms with Crippen molar-refractivity contribution in [3.8, 4) is 5.75 Å². The van der Waals surface area contributed by atoms with E-state index in [9.17, 15) is 13.2 Å². The van der Waals surface area contributed by atoms with Crippen LogP contribution in [0.15, 0.2) is 29.2 Å². The number of rotatable bonds is 6. The average Bonchev–Trinajstić information content (AvgIpc) is 2.28. The SMILES string of the molecule is O=C(O)NS(=O)(=O)c1ccc(OCCCCl)cc1. The fraction of sp³-hybridized carbons (Fsp3) is 0.300. The second kappa shape index (κ2) is 6.46. The van der Waals surface area contributed by atoms with Crippen LogP contribution in [-0.4, -0.2) is 32.1 Å². The molecule has 1 aromatic carbocycles. The Morgan fingerprint density at radius 3 is 2.44 bits per heavy atom. The number of ether oxygens (including phenoxy) is 1. The van der Waals surface area contributed by atoms with Gasteiger partial charge in [0.05, 0.1) is 11.5 Å². The molecule has 0 unspecified atom stereocenters. The van der Waals surface area contributed by atoms with E-state index in [-0.39, 0.29) is 4.90 Å². The summed E-state index contributed by atoms with van der Waals surface area (Å²) >= 11 is 5.48. The summed E-state index contributed by atoms with van der Waals surface area (Å²) in [6, 6.07) is 5.43. The molecule has 0 radical (unpaired) electrons. The van der Waals surface area contributed by atoms with E-state index in [1.807, 2.05) is 0 Å². The molecule has 0 aliphatic rings. The first-order chi connectivity index (χ1) is 8.45. The van der Waals surface area contributed by atoms with Crippen molar-refractivity contribution in [1.82, 2.24) is 4.72 Å².